The molecular weight excluding hydrogens is 183 g/mol. The average molecular weight is 194 g/mol. The zero-order valence-corrected chi connectivity index (χ0v) is 7.55. The summed E-state index contributed by atoms with van der Waals surface area (Å²) in [6.45, 7) is 0.529. The Morgan fingerprint density at radius 1 is 1.21 bits per heavy atom. The highest BCUT2D eigenvalue weighted by molar-refractivity contribution is 5.49. The van der Waals surface area contributed by atoms with E-state index in [0.717, 1.165) is 5.56 Å². The van der Waals surface area contributed by atoms with Gasteiger partial charge in [-0.3, -0.25) is 0 Å². The fraction of sp³-hybridized carbons (Fsp3) is 0.100. The number of rotatable bonds is 2. The van der Waals surface area contributed by atoms with Crippen LogP contribution in [0.2, 0.25) is 0 Å². The van der Waals surface area contributed by atoms with Crippen LogP contribution in [0.4, 0.5) is 0 Å². The van der Waals surface area contributed by atoms with E-state index in [0.29, 0.717) is 6.54 Å². The minimum Gasteiger partial charge on any atom is -1.00 e. The molecule has 0 radical (unpaired) electrons. The second-order valence-electron chi connectivity index (χ2n) is 3.09. The van der Waals surface area contributed by atoms with Crippen LogP contribution in [-0.4, -0.2) is 16.2 Å². The van der Waals surface area contributed by atoms with Crippen molar-refractivity contribution < 1.29 is 14.6 Å². The van der Waals surface area contributed by atoms with Crippen LogP contribution in [0.5, 0.6) is 0 Å². The summed E-state index contributed by atoms with van der Waals surface area (Å²) >= 11 is 0. The van der Waals surface area contributed by atoms with E-state index in [1.54, 1.807) is 12.4 Å². The molecule has 0 saturated heterocycles. The normalized spacial score (nSPS) is 23.5. The first-order valence-electron chi connectivity index (χ1n) is 4.15. The molecule has 1 N–H and O–H groups in total. The second kappa shape index (κ2) is 4.13. The lowest BCUT2D eigenvalue weighted by Gasteiger charge is -2.16. The van der Waals surface area contributed by atoms with Gasteiger partial charge in [-0.1, -0.05) is 30.3 Å². The minimum absolute atomic E-state index is 0. The van der Waals surface area contributed by atoms with Crippen LogP contribution in [0.15, 0.2) is 47.7 Å². The molecule has 1 aliphatic heterocycles. The number of benzene rings is 1. The number of nitrogens with zero attached hydrogens (tertiary/aromatic N) is 2. The van der Waals surface area contributed by atoms with Crippen molar-refractivity contribution in [3.63, 3.8) is 0 Å². The van der Waals surface area contributed by atoms with E-state index in [-0.39, 0.29) is 9.35 Å². The SMILES string of the molecule is O[N+]1(Cc2ccccc2)C=CN=C1.[F-]. The monoisotopic (exact) mass is 194 g/mol. The number of hydrogen-bond donors (Lipinski definition) is 1. The molecule has 0 aliphatic carbocycles. The molecule has 1 aromatic rings. The number of hydroxylamine groups is 3. The summed E-state index contributed by atoms with van der Waals surface area (Å²) in [5, 5.41) is 9.85. The first kappa shape index (κ1) is 10.6. The van der Waals surface area contributed by atoms with Crippen LogP contribution in [0.25, 0.3) is 0 Å². The van der Waals surface area contributed by atoms with Crippen molar-refractivity contribution in [2.45, 2.75) is 6.54 Å². The van der Waals surface area contributed by atoms with Gasteiger partial charge in [0.1, 0.15) is 6.54 Å². The van der Waals surface area contributed by atoms with Gasteiger partial charge in [-0.2, -0.15) is 0 Å². The van der Waals surface area contributed by atoms with Gasteiger partial charge in [-0.05, 0) is 0 Å². The fourth-order valence-corrected chi connectivity index (χ4v) is 1.32. The second-order valence-corrected chi connectivity index (χ2v) is 3.09. The summed E-state index contributed by atoms with van der Waals surface area (Å²) in [6, 6.07) is 9.84. The van der Waals surface area contributed by atoms with Gasteiger partial charge >= 0.3 is 0 Å². The molecule has 0 aromatic heterocycles. The van der Waals surface area contributed by atoms with E-state index in [9.17, 15) is 5.21 Å². The Bertz CT molecular complexity index is 336. The number of hydrogen-bond acceptors (Lipinski definition) is 2. The summed E-state index contributed by atoms with van der Waals surface area (Å²) in [5.41, 5.74) is 1.09. The average Bonchev–Trinajstić information content (AvgIpc) is 2.54. The van der Waals surface area contributed by atoms with Crippen molar-refractivity contribution in [2.75, 3.05) is 0 Å². The summed E-state index contributed by atoms with van der Waals surface area (Å²) in [6.07, 6.45) is 4.75. The van der Waals surface area contributed by atoms with Gasteiger partial charge in [0.25, 0.3) is 0 Å². The van der Waals surface area contributed by atoms with Crippen LogP contribution >= 0.6 is 0 Å². The van der Waals surface area contributed by atoms with E-state index in [1.807, 2.05) is 30.3 Å². The maximum atomic E-state index is 9.85. The number of halogens is 1. The van der Waals surface area contributed by atoms with Gasteiger partial charge in [0.15, 0.2) is 6.20 Å². The Kier molecular flexibility index (Phi) is 3.11. The van der Waals surface area contributed by atoms with Crippen molar-refractivity contribution in [3.05, 3.63) is 48.3 Å². The van der Waals surface area contributed by atoms with Crippen molar-refractivity contribution in [1.29, 1.82) is 0 Å². The highest BCUT2D eigenvalue weighted by Crippen LogP contribution is 2.13. The third kappa shape index (κ3) is 2.25. The molecule has 1 unspecified atom stereocenters. The molecule has 2 rings (SSSR count). The topological polar surface area (TPSA) is 32.6 Å². The van der Waals surface area contributed by atoms with Crippen molar-refractivity contribution in [2.24, 2.45) is 4.99 Å². The van der Waals surface area contributed by atoms with Crippen molar-refractivity contribution in [3.8, 4) is 0 Å². The van der Waals surface area contributed by atoms with E-state index in [4.69, 9.17) is 0 Å². The summed E-state index contributed by atoms with van der Waals surface area (Å²) in [7, 11) is 0. The highest BCUT2D eigenvalue weighted by atomic mass is 19.0. The van der Waals surface area contributed by atoms with Gasteiger partial charge < -0.3 is 4.70 Å². The zero-order valence-electron chi connectivity index (χ0n) is 7.55. The minimum atomic E-state index is -0.232. The molecule has 1 aromatic carbocycles. The summed E-state index contributed by atoms with van der Waals surface area (Å²) in [4.78, 5) is 3.85. The predicted octanol–water partition coefficient (Wildman–Crippen LogP) is -1.09. The molecule has 4 heteroatoms. The lowest BCUT2D eigenvalue weighted by Crippen LogP contribution is -3.00. The quantitative estimate of drug-likeness (QED) is 0.596. The molecule has 1 heterocycles. The van der Waals surface area contributed by atoms with Gasteiger partial charge in [-0.15, -0.1) is 4.65 Å². The molecular formula is C10H11FN2O. The molecule has 0 fully saturated rings. The van der Waals surface area contributed by atoms with Gasteiger partial charge in [0.05, 0.1) is 6.20 Å². The largest absolute Gasteiger partial charge is 1.00 e. The Labute approximate surface area is 81.5 Å². The van der Waals surface area contributed by atoms with Crippen LogP contribution in [-0.2, 0) is 6.54 Å². The Morgan fingerprint density at radius 3 is 2.50 bits per heavy atom. The van der Waals surface area contributed by atoms with Gasteiger partial charge in [0.2, 0.25) is 6.34 Å². The zero-order chi connectivity index (χ0) is 9.15. The third-order valence-corrected chi connectivity index (χ3v) is 1.96. The standard InChI is InChI=1S/C10H11N2O.FH/c13-12(7-6-11-9-12)8-10-4-2-1-3-5-10;/h1-7,9,13H,8H2;1H/q+1;/p-1. The number of aliphatic imine (C=N–C) groups is 1. The molecule has 0 saturated carbocycles. The van der Waals surface area contributed by atoms with Crippen molar-refractivity contribution in [1.82, 2.24) is 0 Å². The maximum Gasteiger partial charge on any atom is 0.228 e. The Hall–Kier alpha value is -1.52. The van der Waals surface area contributed by atoms with E-state index in [2.05, 4.69) is 4.99 Å². The van der Waals surface area contributed by atoms with E-state index in [1.165, 1.54) is 6.34 Å². The summed E-state index contributed by atoms with van der Waals surface area (Å²) in [5.74, 6) is 0. The van der Waals surface area contributed by atoms with Gasteiger partial charge in [-0.25, -0.2) is 10.2 Å². The Balaban J connectivity index is 0.000000980. The molecule has 14 heavy (non-hydrogen) atoms. The third-order valence-electron chi connectivity index (χ3n) is 1.96. The molecule has 3 nitrogen and oxygen atoms in total. The highest BCUT2D eigenvalue weighted by Gasteiger charge is 2.23. The number of quaternary nitrogens is 1. The smallest absolute Gasteiger partial charge is 0.228 e. The molecule has 0 amide bonds. The Morgan fingerprint density at radius 2 is 1.93 bits per heavy atom. The molecule has 74 valence electrons. The molecule has 0 spiro atoms. The van der Waals surface area contributed by atoms with Gasteiger partial charge in [0, 0.05) is 5.56 Å². The lowest BCUT2D eigenvalue weighted by atomic mass is 10.2. The maximum absolute atomic E-state index is 9.85. The van der Waals surface area contributed by atoms with E-state index >= 15 is 0 Å². The molecule has 0 bridgehead atoms. The first-order chi connectivity index (χ1) is 6.29. The first-order valence-corrected chi connectivity index (χ1v) is 4.15. The molecule has 1 atom stereocenters. The van der Waals surface area contributed by atoms with Crippen LogP contribution in [0.3, 0.4) is 0 Å². The van der Waals surface area contributed by atoms with Crippen LogP contribution in [0, 0.1) is 0 Å². The predicted molar refractivity (Wildman–Crippen MR) is 49.8 cm³/mol. The van der Waals surface area contributed by atoms with E-state index < -0.39 is 0 Å². The van der Waals surface area contributed by atoms with Crippen LogP contribution in [0.1, 0.15) is 5.56 Å². The summed E-state index contributed by atoms with van der Waals surface area (Å²) < 4.78 is -0.232. The van der Waals surface area contributed by atoms with Crippen molar-refractivity contribution >= 4 is 6.34 Å². The lowest BCUT2D eigenvalue weighted by molar-refractivity contribution is -0.993. The fourth-order valence-electron chi connectivity index (χ4n) is 1.32. The molecule has 1 aliphatic rings. The van der Waals surface area contributed by atoms with Crippen LogP contribution < -0.4 is 4.70 Å².